The predicted molar refractivity (Wildman–Crippen MR) is 72.1 cm³/mol. The third kappa shape index (κ3) is 4.59. The van der Waals surface area contributed by atoms with Gasteiger partial charge < -0.3 is 10.1 Å². The molecule has 100 valence electrons. The molecule has 2 aliphatic rings. The summed E-state index contributed by atoms with van der Waals surface area (Å²) >= 11 is 0. The molecule has 0 bridgehead atoms. The van der Waals surface area contributed by atoms with Gasteiger partial charge in [0.25, 0.3) is 0 Å². The van der Waals surface area contributed by atoms with Gasteiger partial charge in [0.2, 0.25) is 0 Å². The van der Waals surface area contributed by atoms with Gasteiger partial charge in [-0.3, -0.25) is 0 Å². The van der Waals surface area contributed by atoms with E-state index in [9.17, 15) is 0 Å². The highest BCUT2D eigenvalue weighted by Gasteiger charge is 2.26. The van der Waals surface area contributed by atoms with Gasteiger partial charge in [-0.2, -0.15) is 0 Å². The highest BCUT2D eigenvalue weighted by atomic mass is 16.5. The molecule has 0 saturated heterocycles. The smallest absolute Gasteiger partial charge is 0.0494 e. The SMILES string of the molecule is CC1CCCC(NCCCOCC2CC2)C1C. The lowest BCUT2D eigenvalue weighted by molar-refractivity contribution is 0.119. The Labute approximate surface area is 107 Å². The third-order valence-electron chi connectivity index (χ3n) is 4.63. The summed E-state index contributed by atoms with van der Waals surface area (Å²) in [6.45, 7) is 7.89. The van der Waals surface area contributed by atoms with E-state index in [1.165, 1.54) is 38.5 Å². The summed E-state index contributed by atoms with van der Waals surface area (Å²) in [5, 5.41) is 3.73. The highest BCUT2D eigenvalue weighted by Crippen LogP contribution is 2.29. The lowest BCUT2D eigenvalue weighted by Crippen LogP contribution is -2.41. The van der Waals surface area contributed by atoms with Crippen LogP contribution in [0.4, 0.5) is 0 Å². The summed E-state index contributed by atoms with van der Waals surface area (Å²) in [5.41, 5.74) is 0. The lowest BCUT2D eigenvalue weighted by atomic mass is 9.78. The minimum atomic E-state index is 0.752. The molecule has 0 heterocycles. The molecule has 2 nitrogen and oxygen atoms in total. The van der Waals surface area contributed by atoms with Gasteiger partial charge in [0.1, 0.15) is 0 Å². The zero-order valence-electron chi connectivity index (χ0n) is 11.6. The van der Waals surface area contributed by atoms with E-state index < -0.39 is 0 Å². The van der Waals surface area contributed by atoms with E-state index in [4.69, 9.17) is 4.74 Å². The molecule has 3 atom stereocenters. The van der Waals surface area contributed by atoms with Crippen LogP contribution in [0.15, 0.2) is 0 Å². The molecular formula is C15H29NO. The molecule has 0 radical (unpaired) electrons. The predicted octanol–water partition coefficient (Wildman–Crippen LogP) is 3.22. The summed E-state index contributed by atoms with van der Waals surface area (Å²) in [5.74, 6) is 2.64. The van der Waals surface area contributed by atoms with Crippen LogP contribution in [0.2, 0.25) is 0 Å². The molecule has 2 heteroatoms. The fourth-order valence-electron chi connectivity index (χ4n) is 2.87. The van der Waals surface area contributed by atoms with Crippen LogP contribution in [0.3, 0.4) is 0 Å². The first-order valence-electron chi connectivity index (χ1n) is 7.58. The first-order valence-corrected chi connectivity index (χ1v) is 7.58. The molecule has 17 heavy (non-hydrogen) atoms. The lowest BCUT2D eigenvalue weighted by Gasteiger charge is -2.34. The van der Waals surface area contributed by atoms with Crippen LogP contribution in [0.25, 0.3) is 0 Å². The van der Waals surface area contributed by atoms with Gasteiger partial charge in [0, 0.05) is 19.3 Å². The molecular weight excluding hydrogens is 210 g/mol. The Bertz CT molecular complexity index is 215. The average Bonchev–Trinajstić information content (AvgIpc) is 3.12. The van der Waals surface area contributed by atoms with E-state index in [1.807, 2.05) is 0 Å². The van der Waals surface area contributed by atoms with Gasteiger partial charge in [-0.1, -0.05) is 26.7 Å². The van der Waals surface area contributed by atoms with Crippen molar-refractivity contribution in [3.8, 4) is 0 Å². The Morgan fingerprint density at radius 2 is 1.94 bits per heavy atom. The Kier molecular flexibility index (Phi) is 5.30. The van der Waals surface area contributed by atoms with Crippen molar-refractivity contribution in [1.82, 2.24) is 5.32 Å². The molecule has 2 saturated carbocycles. The molecule has 0 spiro atoms. The van der Waals surface area contributed by atoms with Crippen molar-refractivity contribution in [3.05, 3.63) is 0 Å². The normalized spacial score (nSPS) is 33.9. The quantitative estimate of drug-likeness (QED) is 0.689. The zero-order valence-corrected chi connectivity index (χ0v) is 11.6. The van der Waals surface area contributed by atoms with Gasteiger partial charge in [-0.25, -0.2) is 0 Å². The number of hydrogen-bond donors (Lipinski definition) is 1. The maximum atomic E-state index is 5.65. The Morgan fingerprint density at radius 3 is 2.71 bits per heavy atom. The monoisotopic (exact) mass is 239 g/mol. The van der Waals surface area contributed by atoms with Crippen molar-refractivity contribution in [2.75, 3.05) is 19.8 Å². The van der Waals surface area contributed by atoms with E-state index in [0.29, 0.717) is 0 Å². The van der Waals surface area contributed by atoms with E-state index in [-0.39, 0.29) is 0 Å². The largest absolute Gasteiger partial charge is 0.381 e. The number of rotatable bonds is 7. The maximum absolute atomic E-state index is 5.65. The molecule has 2 rings (SSSR count). The first kappa shape index (κ1) is 13.4. The van der Waals surface area contributed by atoms with Crippen molar-refractivity contribution in [2.45, 2.75) is 58.4 Å². The minimum Gasteiger partial charge on any atom is -0.381 e. The van der Waals surface area contributed by atoms with Crippen molar-refractivity contribution < 1.29 is 4.74 Å². The zero-order chi connectivity index (χ0) is 12.1. The molecule has 0 aromatic carbocycles. The van der Waals surface area contributed by atoms with E-state index in [2.05, 4.69) is 19.2 Å². The number of hydrogen-bond acceptors (Lipinski definition) is 2. The summed E-state index contributed by atoms with van der Waals surface area (Å²) in [6, 6.07) is 0.752. The molecule has 0 aliphatic heterocycles. The van der Waals surface area contributed by atoms with Crippen molar-refractivity contribution in [3.63, 3.8) is 0 Å². The van der Waals surface area contributed by atoms with Gasteiger partial charge in [0.05, 0.1) is 0 Å². The van der Waals surface area contributed by atoms with Gasteiger partial charge in [-0.05, 0) is 50.0 Å². The molecule has 0 aromatic rings. The van der Waals surface area contributed by atoms with Crippen LogP contribution in [-0.4, -0.2) is 25.8 Å². The van der Waals surface area contributed by atoms with Crippen molar-refractivity contribution >= 4 is 0 Å². The maximum Gasteiger partial charge on any atom is 0.0494 e. The van der Waals surface area contributed by atoms with Crippen molar-refractivity contribution in [1.29, 1.82) is 0 Å². The number of nitrogens with one attached hydrogen (secondary N) is 1. The van der Waals surface area contributed by atoms with Crippen LogP contribution in [-0.2, 0) is 4.74 Å². The fourth-order valence-corrected chi connectivity index (χ4v) is 2.87. The third-order valence-corrected chi connectivity index (χ3v) is 4.63. The molecule has 1 N–H and O–H groups in total. The van der Waals surface area contributed by atoms with Crippen LogP contribution in [0, 0.1) is 17.8 Å². The summed E-state index contributed by atoms with van der Waals surface area (Å²) < 4.78 is 5.65. The standard InChI is InChI=1S/C15H29NO/c1-12-5-3-6-15(13(12)2)16-9-4-10-17-11-14-7-8-14/h12-16H,3-11H2,1-2H3. The Hall–Kier alpha value is -0.0800. The summed E-state index contributed by atoms with van der Waals surface area (Å²) in [4.78, 5) is 0. The second kappa shape index (κ2) is 6.75. The molecule has 0 aromatic heterocycles. The second-order valence-corrected chi connectivity index (χ2v) is 6.20. The van der Waals surface area contributed by atoms with Crippen LogP contribution in [0.5, 0.6) is 0 Å². The molecule has 2 fully saturated rings. The fraction of sp³-hybridized carbons (Fsp3) is 1.00. The number of ether oxygens (including phenoxy) is 1. The average molecular weight is 239 g/mol. The van der Waals surface area contributed by atoms with E-state index >= 15 is 0 Å². The summed E-state index contributed by atoms with van der Waals surface area (Å²) in [7, 11) is 0. The van der Waals surface area contributed by atoms with Gasteiger partial charge in [0.15, 0.2) is 0 Å². The highest BCUT2D eigenvalue weighted by molar-refractivity contribution is 4.82. The topological polar surface area (TPSA) is 21.3 Å². The van der Waals surface area contributed by atoms with Crippen LogP contribution < -0.4 is 5.32 Å². The van der Waals surface area contributed by atoms with E-state index in [1.54, 1.807) is 0 Å². The molecule has 0 amide bonds. The second-order valence-electron chi connectivity index (χ2n) is 6.20. The van der Waals surface area contributed by atoms with Gasteiger partial charge in [-0.15, -0.1) is 0 Å². The van der Waals surface area contributed by atoms with Crippen LogP contribution in [0.1, 0.15) is 52.4 Å². The molecule has 2 aliphatic carbocycles. The minimum absolute atomic E-state index is 0.752. The van der Waals surface area contributed by atoms with Gasteiger partial charge >= 0.3 is 0 Å². The Balaban J connectivity index is 1.48. The first-order chi connectivity index (χ1) is 8.27. The Morgan fingerprint density at radius 1 is 1.12 bits per heavy atom. The van der Waals surface area contributed by atoms with Crippen LogP contribution >= 0.6 is 0 Å². The molecule has 3 unspecified atom stereocenters. The van der Waals surface area contributed by atoms with E-state index in [0.717, 1.165) is 43.6 Å². The van der Waals surface area contributed by atoms with Crippen molar-refractivity contribution in [2.24, 2.45) is 17.8 Å². The summed E-state index contributed by atoms with van der Waals surface area (Å²) in [6.07, 6.45) is 8.16.